The first-order valence-corrected chi connectivity index (χ1v) is 5.14. The number of aromatic nitrogens is 2. The fourth-order valence-corrected chi connectivity index (χ4v) is 1.82. The molecule has 1 heterocycles. The molecule has 76 valence electrons. The quantitative estimate of drug-likeness (QED) is 0.769. The zero-order valence-electron chi connectivity index (χ0n) is 8.04. The number of rotatable bonds is 4. The molecule has 0 aromatic carbocycles. The zero-order chi connectivity index (χ0) is 10.6. The first kappa shape index (κ1) is 11.0. The summed E-state index contributed by atoms with van der Waals surface area (Å²) in [6, 6.07) is 0. The van der Waals surface area contributed by atoms with E-state index in [1.807, 2.05) is 13.8 Å². The minimum atomic E-state index is -0.810. The minimum Gasteiger partial charge on any atom is -0.480 e. The van der Waals surface area contributed by atoms with Crippen molar-refractivity contribution in [2.75, 3.05) is 0 Å². The molecular formula is C9H12N2O2S. The number of hydrogen-bond donors (Lipinski definition) is 1. The lowest BCUT2D eigenvalue weighted by Crippen LogP contribution is -2.22. The van der Waals surface area contributed by atoms with Crippen molar-refractivity contribution in [1.82, 2.24) is 9.97 Å². The first-order chi connectivity index (χ1) is 6.61. The van der Waals surface area contributed by atoms with Gasteiger partial charge in [0.2, 0.25) is 0 Å². The molecule has 0 bridgehead atoms. The maximum absolute atomic E-state index is 10.9. The molecule has 1 unspecified atom stereocenters. The van der Waals surface area contributed by atoms with Crippen LogP contribution >= 0.6 is 11.8 Å². The zero-order valence-corrected chi connectivity index (χ0v) is 8.86. The summed E-state index contributed by atoms with van der Waals surface area (Å²) >= 11 is 1.23. The van der Waals surface area contributed by atoms with Crippen molar-refractivity contribution in [3.63, 3.8) is 0 Å². The summed E-state index contributed by atoms with van der Waals surface area (Å²) < 4.78 is 0. The lowest BCUT2D eigenvalue weighted by molar-refractivity contribution is -0.137. The van der Waals surface area contributed by atoms with Crippen molar-refractivity contribution in [2.24, 2.45) is 5.92 Å². The Hall–Kier alpha value is -1.10. The van der Waals surface area contributed by atoms with Gasteiger partial charge in [-0.1, -0.05) is 25.6 Å². The molecule has 0 radical (unpaired) electrons. The van der Waals surface area contributed by atoms with Crippen molar-refractivity contribution in [3.8, 4) is 0 Å². The second-order valence-electron chi connectivity index (χ2n) is 3.16. The minimum absolute atomic E-state index is 0.0690. The third kappa shape index (κ3) is 2.99. The molecule has 0 fully saturated rings. The normalized spacial score (nSPS) is 12.8. The van der Waals surface area contributed by atoms with Crippen molar-refractivity contribution in [1.29, 1.82) is 0 Å². The molecule has 1 aromatic rings. The van der Waals surface area contributed by atoms with Crippen LogP contribution in [0, 0.1) is 5.92 Å². The van der Waals surface area contributed by atoms with Crippen LogP contribution in [0.25, 0.3) is 0 Å². The highest BCUT2D eigenvalue weighted by Gasteiger charge is 2.23. The standard InChI is InChI=1S/C9H12N2O2S/c1-6(2)8(9(12)13)14-7-5-10-3-4-11-7/h3-6,8H,1-2H3,(H,12,13). The van der Waals surface area contributed by atoms with Crippen molar-refractivity contribution in [3.05, 3.63) is 18.6 Å². The fourth-order valence-electron chi connectivity index (χ4n) is 0.948. The van der Waals surface area contributed by atoms with E-state index in [0.717, 1.165) is 0 Å². The smallest absolute Gasteiger partial charge is 0.317 e. The van der Waals surface area contributed by atoms with E-state index in [2.05, 4.69) is 9.97 Å². The molecule has 0 amide bonds. The summed E-state index contributed by atoms with van der Waals surface area (Å²) in [6.45, 7) is 3.75. The summed E-state index contributed by atoms with van der Waals surface area (Å²) in [5.74, 6) is -0.741. The topological polar surface area (TPSA) is 63.1 Å². The van der Waals surface area contributed by atoms with E-state index in [1.165, 1.54) is 11.8 Å². The Morgan fingerprint density at radius 1 is 1.50 bits per heavy atom. The van der Waals surface area contributed by atoms with Crippen molar-refractivity contribution < 1.29 is 9.90 Å². The van der Waals surface area contributed by atoms with Crippen LogP contribution in [0.1, 0.15) is 13.8 Å². The lowest BCUT2D eigenvalue weighted by Gasteiger charge is -2.14. The van der Waals surface area contributed by atoms with E-state index in [9.17, 15) is 4.79 Å². The van der Waals surface area contributed by atoms with Crippen LogP contribution in [0.2, 0.25) is 0 Å². The molecule has 5 heteroatoms. The van der Waals surface area contributed by atoms with Gasteiger partial charge in [0.15, 0.2) is 0 Å². The summed E-state index contributed by atoms with van der Waals surface area (Å²) in [7, 11) is 0. The highest BCUT2D eigenvalue weighted by atomic mass is 32.2. The maximum Gasteiger partial charge on any atom is 0.317 e. The predicted molar refractivity (Wildman–Crippen MR) is 54.2 cm³/mol. The molecule has 0 aliphatic rings. The van der Waals surface area contributed by atoms with Gasteiger partial charge in [0, 0.05) is 12.4 Å². The predicted octanol–water partition coefficient (Wildman–Crippen LogP) is 1.68. The number of nitrogens with zero attached hydrogens (tertiary/aromatic N) is 2. The van der Waals surface area contributed by atoms with Gasteiger partial charge in [0.1, 0.15) is 10.3 Å². The van der Waals surface area contributed by atoms with Crippen LogP contribution in [0.15, 0.2) is 23.6 Å². The van der Waals surface area contributed by atoms with Gasteiger partial charge in [-0.15, -0.1) is 0 Å². The molecule has 1 N–H and O–H groups in total. The van der Waals surface area contributed by atoms with E-state index in [4.69, 9.17) is 5.11 Å². The van der Waals surface area contributed by atoms with E-state index in [0.29, 0.717) is 5.03 Å². The molecule has 0 spiro atoms. The summed E-state index contributed by atoms with van der Waals surface area (Å²) in [6.07, 6.45) is 4.69. The molecule has 0 aliphatic heterocycles. The summed E-state index contributed by atoms with van der Waals surface area (Å²) in [5, 5.41) is 9.12. The number of hydrogen-bond acceptors (Lipinski definition) is 4. The average Bonchev–Trinajstić information content (AvgIpc) is 2.15. The molecular weight excluding hydrogens is 200 g/mol. The Bertz CT molecular complexity index is 303. The number of thioether (sulfide) groups is 1. The maximum atomic E-state index is 10.9. The Balaban J connectivity index is 2.70. The Morgan fingerprint density at radius 2 is 2.21 bits per heavy atom. The third-order valence-electron chi connectivity index (χ3n) is 1.64. The van der Waals surface area contributed by atoms with Gasteiger partial charge in [-0.05, 0) is 5.92 Å². The van der Waals surface area contributed by atoms with Crippen LogP contribution in [-0.4, -0.2) is 26.3 Å². The van der Waals surface area contributed by atoms with Crippen molar-refractivity contribution in [2.45, 2.75) is 24.1 Å². The number of carbonyl (C=O) groups is 1. The van der Waals surface area contributed by atoms with Crippen LogP contribution in [0.4, 0.5) is 0 Å². The van der Waals surface area contributed by atoms with Crippen LogP contribution < -0.4 is 0 Å². The molecule has 0 aliphatic carbocycles. The van der Waals surface area contributed by atoms with Gasteiger partial charge in [0.05, 0.1) is 6.20 Å². The van der Waals surface area contributed by atoms with E-state index in [-0.39, 0.29) is 5.92 Å². The van der Waals surface area contributed by atoms with Gasteiger partial charge >= 0.3 is 5.97 Å². The average molecular weight is 212 g/mol. The number of aliphatic carboxylic acids is 1. The monoisotopic (exact) mass is 212 g/mol. The molecule has 1 rings (SSSR count). The van der Waals surface area contributed by atoms with Crippen LogP contribution in [-0.2, 0) is 4.79 Å². The molecule has 0 saturated carbocycles. The summed E-state index contributed by atoms with van der Waals surface area (Å²) in [4.78, 5) is 18.8. The Kier molecular flexibility index (Phi) is 3.88. The Morgan fingerprint density at radius 3 is 2.64 bits per heavy atom. The lowest BCUT2D eigenvalue weighted by atomic mass is 10.1. The highest BCUT2D eigenvalue weighted by Crippen LogP contribution is 2.25. The van der Waals surface area contributed by atoms with Gasteiger partial charge in [0.25, 0.3) is 0 Å². The first-order valence-electron chi connectivity index (χ1n) is 4.26. The highest BCUT2D eigenvalue weighted by molar-refractivity contribution is 8.00. The fraction of sp³-hybridized carbons (Fsp3) is 0.444. The van der Waals surface area contributed by atoms with E-state index in [1.54, 1.807) is 18.6 Å². The second-order valence-corrected chi connectivity index (χ2v) is 4.33. The van der Waals surface area contributed by atoms with Crippen LogP contribution in [0.5, 0.6) is 0 Å². The van der Waals surface area contributed by atoms with Crippen LogP contribution in [0.3, 0.4) is 0 Å². The third-order valence-corrected chi connectivity index (χ3v) is 3.09. The van der Waals surface area contributed by atoms with E-state index >= 15 is 0 Å². The second kappa shape index (κ2) is 4.95. The van der Waals surface area contributed by atoms with Crippen molar-refractivity contribution >= 4 is 17.7 Å². The molecule has 0 saturated heterocycles. The summed E-state index contributed by atoms with van der Waals surface area (Å²) in [5.41, 5.74) is 0. The van der Waals surface area contributed by atoms with Gasteiger partial charge in [-0.3, -0.25) is 9.78 Å². The number of carboxylic acids is 1. The molecule has 4 nitrogen and oxygen atoms in total. The SMILES string of the molecule is CC(C)C(Sc1cnccn1)C(=O)O. The largest absolute Gasteiger partial charge is 0.480 e. The Labute approximate surface area is 86.8 Å². The molecule has 1 aromatic heterocycles. The number of carboxylic acid groups (broad SMARTS) is 1. The van der Waals surface area contributed by atoms with Gasteiger partial charge < -0.3 is 5.11 Å². The van der Waals surface area contributed by atoms with Gasteiger partial charge in [-0.25, -0.2) is 4.98 Å². The van der Waals surface area contributed by atoms with Gasteiger partial charge in [-0.2, -0.15) is 0 Å². The molecule has 14 heavy (non-hydrogen) atoms. The van der Waals surface area contributed by atoms with E-state index < -0.39 is 11.2 Å². The molecule has 1 atom stereocenters.